The third kappa shape index (κ3) is 2.29. The normalized spacial score (nSPS) is 16.6. The minimum Gasteiger partial charge on any atom is -0.497 e. The SMILES string of the molecule is COc1ccc(C2C3=C(Nc4c2c(=O)n(C)c(=O)n4C)c2ccccc2C3=O)cc1. The Morgan fingerprint density at radius 3 is 2.23 bits per heavy atom. The molecule has 30 heavy (non-hydrogen) atoms. The molecule has 150 valence electrons. The summed E-state index contributed by atoms with van der Waals surface area (Å²) in [6.07, 6.45) is 0. The number of hydrogen-bond donors (Lipinski definition) is 1. The zero-order valence-corrected chi connectivity index (χ0v) is 16.7. The van der Waals surface area contributed by atoms with Crippen LogP contribution >= 0.6 is 0 Å². The van der Waals surface area contributed by atoms with Crippen LogP contribution in [0.5, 0.6) is 5.75 Å². The van der Waals surface area contributed by atoms with Gasteiger partial charge in [0, 0.05) is 36.7 Å². The number of carbonyl (C=O) groups excluding carboxylic acids is 1. The molecule has 0 saturated heterocycles. The van der Waals surface area contributed by atoms with E-state index in [1.54, 1.807) is 32.4 Å². The lowest BCUT2D eigenvalue weighted by Gasteiger charge is -2.29. The van der Waals surface area contributed by atoms with Crippen LogP contribution in [0, 0.1) is 0 Å². The molecular formula is C23H19N3O4. The molecule has 1 aliphatic carbocycles. The molecule has 0 saturated carbocycles. The summed E-state index contributed by atoms with van der Waals surface area (Å²) in [6.45, 7) is 0. The summed E-state index contributed by atoms with van der Waals surface area (Å²) in [4.78, 5) is 39.2. The minimum absolute atomic E-state index is 0.115. The maximum absolute atomic E-state index is 13.4. The number of ether oxygens (including phenoxy) is 1. The van der Waals surface area contributed by atoms with E-state index in [0.717, 1.165) is 15.7 Å². The lowest BCUT2D eigenvalue weighted by atomic mass is 9.81. The molecule has 2 aliphatic rings. The van der Waals surface area contributed by atoms with Gasteiger partial charge >= 0.3 is 5.69 Å². The van der Waals surface area contributed by atoms with Crippen molar-refractivity contribution in [1.82, 2.24) is 9.13 Å². The predicted molar refractivity (Wildman–Crippen MR) is 113 cm³/mol. The molecule has 7 nitrogen and oxygen atoms in total. The van der Waals surface area contributed by atoms with Crippen molar-refractivity contribution >= 4 is 17.3 Å². The van der Waals surface area contributed by atoms with Crippen LogP contribution in [0.3, 0.4) is 0 Å². The average molecular weight is 401 g/mol. The van der Waals surface area contributed by atoms with Crippen molar-refractivity contribution in [3.05, 3.63) is 97.2 Å². The van der Waals surface area contributed by atoms with Gasteiger partial charge in [0.25, 0.3) is 5.56 Å². The van der Waals surface area contributed by atoms with Crippen molar-refractivity contribution in [3.8, 4) is 5.75 Å². The van der Waals surface area contributed by atoms with Crippen molar-refractivity contribution in [1.29, 1.82) is 0 Å². The van der Waals surface area contributed by atoms with Gasteiger partial charge in [0.2, 0.25) is 0 Å². The van der Waals surface area contributed by atoms with E-state index in [1.807, 2.05) is 30.3 Å². The number of rotatable bonds is 2. The van der Waals surface area contributed by atoms with Crippen molar-refractivity contribution in [2.24, 2.45) is 14.1 Å². The van der Waals surface area contributed by atoms with Gasteiger partial charge in [-0.2, -0.15) is 0 Å². The van der Waals surface area contributed by atoms with E-state index in [2.05, 4.69) is 5.32 Å². The molecule has 1 N–H and O–H groups in total. The molecule has 1 aliphatic heterocycles. The fourth-order valence-corrected chi connectivity index (χ4v) is 4.39. The third-order valence-electron chi connectivity index (χ3n) is 5.92. The van der Waals surface area contributed by atoms with Crippen LogP contribution in [0.25, 0.3) is 5.70 Å². The summed E-state index contributed by atoms with van der Waals surface area (Å²) in [6, 6.07) is 14.6. The molecule has 0 spiro atoms. The highest BCUT2D eigenvalue weighted by Crippen LogP contribution is 2.47. The number of benzene rings is 2. The number of anilines is 1. The summed E-state index contributed by atoms with van der Waals surface area (Å²) in [5, 5.41) is 3.23. The molecule has 0 bridgehead atoms. The molecular weight excluding hydrogens is 382 g/mol. The van der Waals surface area contributed by atoms with Crippen LogP contribution in [0.2, 0.25) is 0 Å². The van der Waals surface area contributed by atoms with Gasteiger partial charge in [0.1, 0.15) is 11.6 Å². The second-order valence-electron chi connectivity index (χ2n) is 7.46. The van der Waals surface area contributed by atoms with Crippen molar-refractivity contribution in [3.63, 3.8) is 0 Å². The molecule has 1 atom stereocenters. The van der Waals surface area contributed by atoms with Crippen LogP contribution < -0.4 is 21.3 Å². The average Bonchev–Trinajstić information content (AvgIpc) is 3.07. The van der Waals surface area contributed by atoms with Crippen molar-refractivity contribution in [2.75, 3.05) is 12.4 Å². The Hall–Kier alpha value is -3.87. The molecule has 5 rings (SSSR count). The zero-order chi connectivity index (χ0) is 21.2. The van der Waals surface area contributed by atoms with Crippen LogP contribution in [0.4, 0.5) is 5.82 Å². The molecule has 0 fully saturated rings. The Balaban J connectivity index is 1.86. The number of fused-ring (bicyclic) bond motifs is 3. The van der Waals surface area contributed by atoms with Gasteiger partial charge in [-0.3, -0.25) is 18.7 Å². The lowest BCUT2D eigenvalue weighted by Crippen LogP contribution is -2.42. The van der Waals surface area contributed by atoms with Gasteiger partial charge in [0.15, 0.2) is 5.78 Å². The Kier molecular flexibility index (Phi) is 3.83. The monoisotopic (exact) mass is 401 g/mol. The standard InChI is InChI=1S/C23H19N3O4/c1-25-21-18(22(28)26(2)23(25)29)16(12-8-10-13(30-3)11-9-12)17-19(24-21)14-6-4-5-7-15(14)20(17)27/h4-11,16,24H,1-3H3. The first-order valence-electron chi connectivity index (χ1n) is 9.53. The summed E-state index contributed by atoms with van der Waals surface area (Å²) in [5.41, 5.74) is 2.83. The van der Waals surface area contributed by atoms with E-state index in [4.69, 9.17) is 4.74 Å². The first-order valence-corrected chi connectivity index (χ1v) is 9.53. The second-order valence-corrected chi connectivity index (χ2v) is 7.46. The molecule has 2 heterocycles. The summed E-state index contributed by atoms with van der Waals surface area (Å²) in [5.74, 6) is 0.367. The second kappa shape index (κ2) is 6.32. The van der Waals surface area contributed by atoms with Crippen molar-refractivity contribution in [2.45, 2.75) is 5.92 Å². The van der Waals surface area contributed by atoms with E-state index in [9.17, 15) is 14.4 Å². The number of allylic oxidation sites excluding steroid dienone is 1. The molecule has 7 heteroatoms. The van der Waals surface area contributed by atoms with Gasteiger partial charge < -0.3 is 10.1 Å². The topological polar surface area (TPSA) is 82.3 Å². The summed E-state index contributed by atoms with van der Waals surface area (Å²) >= 11 is 0. The number of nitrogens with one attached hydrogen (secondary N) is 1. The molecule has 0 amide bonds. The zero-order valence-electron chi connectivity index (χ0n) is 16.7. The fourth-order valence-electron chi connectivity index (χ4n) is 4.39. The largest absolute Gasteiger partial charge is 0.497 e. The van der Waals surface area contributed by atoms with Crippen LogP contribution in [0.15, 0.2) is 63.7 Å². The van der Waals surface area contributed by atoms with Crippen LogP contribution in [0.1, 0.15) is 33.0 Å². The fraction of sp³-hybridized carbons (Fsp3) is 0.174. The molecule has 1 aromatic heterocycles. The quantitative estimate of drug-likeness (QED) is 0.712. The maximum atomic E-state index is 13.4. The maximum Gasteiger partial charge on any atom is 0.332 e. The van der Waals surface area contributed by atoms with E-state index in [1.165, 1.54) is 11.6 Å². The van der Waals surface area contributed by atoms with Gasteiger partial charge in [0.05, 0.1) is 18.4 Å². The number of aromatic nitrogens is 2. The third-order valence-corrected chi connectivity index (χ3v) is 5.92. The van der Waals surface area contributed by atoms with E-state index < -0.39 is 17.2 Å². The van der Waals surface area contributed by atoms with E-state index in [-0.39, 0.29) is 5.78 Å². The van der Waals surface area contributed by atoms with Crippen molar-refractivity contribution < 1.29 is 9.53 Å². The molecule has 0 radical (unpaired) electrons. The molecule has 3 aromatic rings. The Bertz CT molecular complexity index is 1380. The first kappa shape index (κ1) is 18.2. The van der Waals surface area contributed by atoms with Gasteiger partial charge in [-0.15, -0.1) is 0 Å². The van der Waals surface area contributed by atoms with Crippen LogP contribution in [-0.4, -0.2) is 22.0 Å². The minimum atomic E-state index is -0.604. The first-order chi connectivity index (χ1) is 14.4. The van der Waals surface area contributed by atoms with E-state index in [0.29, 0.717) is 34.0 Å². The van der Waals surface area contributed by atoms with Gasteiger partial charge in [-0.05, 0) is 17.7 Å². The number of Topliss-reactive ketones (excluding diaryl/α,β-unsaturated/α-hetero) is 1. The molecule has 2 aromatic carbocycles. The highest BCUT2D eigenvalue weighted by Gasteiger charge is 2.42. The number of methoxy groups -OCH3 is 1. The summed E-state index contributed by atoms with van der Waals surface area (Å²) in [7, 11) is 4.65. The number of ketones is 1. The Labute approximate surface area is 171 Å². The Morgan fingerprint density at radius 1 is 0.900 bits per heavy atom. The highest BCUT2D eigenvalue weighted by atomic mass is 16.5. The summed E-state index contributed by atoms with van der Waals surface area (Å²) < 4.78 is 7.76. The van der Waals surface area contributed by atoms with Gasteiger partial charge in [-0.1, -0.05) is 36.4 Å². The van der Waals surface area contributed by atoms with E-state index >= 15 is 0 Å². The molecule has 1 unspecified atom stereocenters. The number of hydrogen-bond acceptors (Lipinski definition) is 5. The number of carbonyl (C=O) groups is 1. The van der Waals surface area contributed by atoms with Crippen LogP contribution in [-0.2, 0) is 14.1 Å². The highest BCUT2D eigenvalue weighted by molar-refractivity contribution is 6.23. The lowest BCUT2D eigenvalue weighted by molar-refractivity contribution is 0.103. The predicted octanol–water partition coefficient (Wildman–Crippen LogP) is 2.26. The number of nitrogens with zero attached hydrogens (tertiary/aromatic N) is 2. The van der Waals surface area contributed by atoms with Gasteiger partial charge in [-0.25, -0.2) is 4.79 Å². The Morgan fingerprint density at radius 2 is 1.57 bits per heavy atom. The smallest absolute Gasteiger partial charge is 0.332 e.